The first-order chi connectivity index (χ1) is 10.6. The minimum Gasteiger partial charge on any atom is -0.446 e. The zero-order valence-electron chi connectivity index (χ0n) is 12.9. The number of amides is 1. The normalized spacial score (nSPS) is 21.8. The standard InChI is InChI=1S/C17H20N2O3/c1-12-11-21-16(14-6-4-3-5-7-14)10-19(12)17(20)8-15-9-18-13(2)22-15/h3-7,9,12,16H,8,10-11H2,1-2H3. The van der Waals surface area contributed by atoms with Gasteiger partial charge in [-0.2, -0.15) is 0 Å². The first kappa shape index (κ1) is 14.8. The lowest BCUT2D eigenvalue weighted by atomic mass is 10.1. The maximum atomic E-state index is 12.5. The number of morpholine rings is 1. The van der Waals surface area contributed by atoms with Crippen LogP contribution in [0.1, 0.15) is 30.2 Å². The fourth-order valence-corrected chi connectivity index (χ4v) is 2.71. The molecule has 0 saturated carbocycles. The van der Waals surface area contributed by atoms with E-state index >= 15 is 0 Å². The summed E-state index contributed by atoms with van der Waals surface area (Å²) in [5.41, 5.74) is 1.10. The highest BCUT2D eigenvalue weighted by Gasteiger charge is 2.30. The van der Waals surface area contributed by atoms with Gasteiger partial charge in [0, 0.05) is 6.92 Å². The van der Waals surface area contributed by atoms with Crippen LogP contribution in [0.25, 0.3) is 0 Å². The SMILES string of the molecule is Cc1ncc(CC(=O)N2CC(c3ccccc3)OCC2C)o1. The molecule has 3 rings (SSSR count). The summed E-state index contributed by atoms with van der Waals surface area (Å²) in [4.78, 5) is 18.5. The first-order valence-corrected chi connectivity index (χ1v) is 7.51. The maximum absolute atomic E-state index is 12.5. The van der Waals surface area contributed by atoms with Gasteiger partial charge in [-0.15, -0.1) is 0 Å². The fourth-order valence-electron chi connectivity index (χ4n) is 2.71. The van der Waals surface area contributed by atoms with E-state index in [1.54, 1.807) is 13.1 Å². The molecule has 2 aromatic rings. The maximum Gasteiger partial charge on any atom is 0.230 e. The Kier molecular flexibility index (Phi) is 4.24. The topological polar surface area (TPSA) is 55.6 Å². The lowest BCUT2D eigenvalue weighted by Crippen LogP contribution is -2.48. The average Bonchev–Trinajstić information content (AvgIpc) is 2.93. The van der Waals surface area contributed by atoms with Gasteiger partial charge >= 0.3 is 0 Å². The van der Waals surface area contributed by atoms with E-state index in [0.29, 0.717) is 24.8 Å². The molecular formula is C17H20N2O3. The lowest BCUT2D eigenvalue weighted by Gasteiger charge is -2.38. The second-order valence-corrected chi connectivity index (χ2v) is 5.65. The van der Waals surface area contributed by atoms with Gasteiger partial charge in [0.05, 0.1) is 31.8 Å². The van der Waals surface area contributed by atoms with E-state index in [-0.39, 0.29) is 24.5 Å². The number of hydrogen-bond acceptors (Lipinski definition) is 4. The molecule has 5 nitrogen and oxygen atoms in total. The Morgan fingerprint density at radius 1 is 1.36 bits per heavy atom. The highest BCUT2D eigenvalue weighted by molar-refractivity contribution is 5.78. The van der Waals surface area contributed by atoms with Crippen molar-refractivity contribution >= 4 is 5.91 Å². The molecule has 0 spiro atoms. The Morgan fingerprint density at radius 2 is 2.14 bits per heavy atom. The van der Waals surface area contributed by atoms with Gasteiger partial charge < -0.3 is 14.1 Å². The van der Waals surface area contributed by atoms with Crippen molar-refractivity contribution in [1.29, 1.82) is 0 Å². The molecule has 1 amide bonds. The quantitative estimate of drug-likeness (QED) is 0.874. The number of benzene rings is 1. The van der Waals surface area contributed by atoms with E-state index in [1.165, 1.54) is 0 Å². The van der Waals surface area contributed by atoms with Gasteiger partial charge in [-0.05, 0) is 12.5 Å². The molecule has 1 fully saturated rings. The summed E-state index contributed by atoms with van der Waals surface area (Å²) in [5, 5.41) is 0. The van der Waals surface area contributed by atoms with Crippen LogP contribution >= 0.6 is 0 Å². The van der Waals surface area contributed by atoms with Crippen molar-refractivity contribution in [3.05, 3.63) is 53.7 Å². The third-order valence-corrected chi connectivity index (χ3v) is 3.92. The van der Waals surface area contributed by atoms with Gasteiger partial charge in [0.25, 0.3) is 0 Å². The molecule has 0 bridgehead atoms. The second-order valence-electron chi connectivity index (χ2n) is 5.65. The Morgan fingerprint density at radius 3 is 2.82 bits per heavy atom. The molecule has 2 unspecified atom stereocenters. The van der Waals surface area contributed by atoms with Crippen LogP contribution < -0.4 is 0 Å². The molecule has 5 heteroatoms. The summed E-state index contributed by atoms with van der Waals surface area (Å²) in [6.45, 7) is 4.89. The summed E-state index contributed by atoms with van der Waals surface area (Å²) in [7, 11) is 0. The lowest BCUT2D eigenvalue weighted by molar-refractivity contribution is -0.144. The predicted molar refractivity (Wildman–Crippen MR) is 81.3 cm³/mol. The Labute approximate surface area is 129 Å². The number of nitrogens with zero attached hydrogens (tertiary/aromatic N) is 2. The number of carbonyl (C=O) groups excluding carboxylic acids is 1. The van der Waals surface area contributed by atoms with E-state index < -0.39 is 0 Å². The van der Waals surface area contributed by atoms with Crippen molar-refractivity contribution in [2.75, 3.05) is 13.2 Å². The van der Waals surface area contributed by atoms with E-state index in [2.05, 4.69) is 4.98 Å². The molecular weight excluding hydrogens is 280 g/mol. The summed E-state index contributed by atoms with van der Waals surface area (Å²) < 4.78 is 11.3. The summed E-state index contributed by atoms with van der Waals surface area (Å²) in [6, 6.07) is 10.1. The molecule has 2 atom stereocenters. The molecule has 1 aliphatic heterocycles. The zero-order chi connectivity index (χ0) is 15.5. The van der Waals surface area contributed by atoms with Crippen molar-refractivity contribution in [2.45, 2.75) is 32.4 Å². The van der Waals surface area contributed by atoms with Gasteiger partial charge in [-0.3, -0.25) is 4.79 Å². The third-order valence-electron chi connectivity index (χ3n) is 3.92. The average molecular weight is 300 g/mol. The van der Waals surface area contributed by atoms with E-state index in [9.17, 15) is 4.79 Å². The molecule has 1 aromatic heterocycles. The third kappa shape index (κ3) is 3.20. The van der Waals surface area contributed by atoms with Crippen molar-refractivity contribution in [2.24, 2.45) is 0 Å². The summed E-state index contributed by atoms with van der Waals surface area (Å²) >= 11 is 0. The van der Waals surface area contributed by atoms with Crippen LogP contribution in [-0.4, -0.2) is 35.0 Å². The molecule has 1 aromatic carbocycles. The summed E-state index contributed by atoms with van der Waals surface area (Å²) in [5.74, 6) is 1.24. The predicted octanol–water partition coefficient (Wildman–Crippen LogP) is 2.51. The van der Waals surface area contributed by atoms with Crippen molar-refractivity contribution in [3.63, 3.8) is 0 Å². The minimum absolute atomic E-state index is 0.0490. The molecule has 1 saturated heterocycles. The zero-order valence-corrected chi connectivity index (χ0v) is 12.9. The Bertz CT molecular complexity index is 638. The monoisotopic (exact) mass is 300 g/mol. The largest absolute Gasteiger partial charge is 0.446 e. The molecule has 0 N–H and O–H groups in total. The first-order valence-electron chi connectivity index (χ1n) is 7.51. The molecule has 0 radical (unpaired) electrons. The Balaban J connectivity index is 1.70. The number of oxazole rings is 1. The van der Waals surface area contributed by atoms with Gasteiger partial charge in [-0.25, -0.2) is 4.98 Å². The van der Waals surface area contributed by atoms with Crippen LogP contribution in [0, 0.1) is 6.92 Å². The van der Waals surface area contributed by atoms with Crippen LogP contribution in [0.5, 0.6) is 0 Å². The van der Waals surface area contributed by atoms with Crippen molar-refractivity contribution in [1.82, 2.24) is 9.88 Å². The molecule has 2 heterocycles. The highest BCUT2D eigenvalue weighted by Crippen LogP contribution is 2.25. The summed E-state index contributed by atoms with van der Waals surface area (Å²) in [6.07, 6.45) is 1.79. The number of ether oxygens (including phenoxy) is 1. The van der Waals surface area contributed by atoms with Crippen molar-refractivity contribution in [3.8, 4) is 0 Å². The smallest absolute Gasteiger partial charge is 0.230 e. The van der Waals surface area contributed by atoms with Gasteiger partial charge in [0.1, 0.15) is 11.9 Å². The number of aromatic nitrogens is 1. The number of carbonyl (C=O) groups is 1. The fraction of sp³-hybridized carbons (Fsp3) is 0.412. The van der Waals surface area contributed by atoms with Crippen LogP contribution in [0.3, 0.4) is 0 Å². The number of hydrogen-bond donors (Lipinski definition) is 0. The number of rotatable bonds is 3. The molecule has 116 valence electrons. The number of aryl methyl sites for hydroxylation is 1. The van der Waals surface area contributed by atoms with E-state index in [0.717, 1.165) is 5.56 Å². The minimum atomic E-state index is -0.0715. The van der Waals surface area contributed by atoms with Crippen LogP contribution in [0.15, 0.2) is 40.9 Å². The van der Waals surface area contributed by atoms with Crippen LogP contribution in [-0.2, 0) is 16.0 Å². The van der Waals surface area contributed by atoms with Crippen LogP contribution in [0.2, 0.25) is 0 Å². The van der Waals surface area contributed by atoms with E-state index in [4.69, 9.17) is 9.15 Å². The Hall–Kier alpha value is -2.14. The van der Waals surface area contributed by atoms with Gasteiger partial charge in [-0.1, -0.05) is 30.3 Å². The molecule has 1 aliphatic rings. The highest BCUT2D eigenvalue weighted by atomic mass is 16.5. The second kappa shape index (κ2) is 6.32. The molecule has 0 aliphatic carbocycles. The molecule has 22 heavy (non-hydrogen) atoms. The van der Waals surface area contributed by atoms with Crippen molar-refractivity contribution < 1.29 is 13.9 Å². The van der Waals surface area contributed by atoms with E-state index in [1.807, 2.05) is 42.2 Å². The van der Waals surface area contributed by atoms with Gasteiger partial charge in [0.2, 0.25) is 5.91 Å². The van der Waals surface area contributed by atoms with Gasteiger partial charge in [0.15, 0.2) is 5.89 Å². The van der Waals surface area contributed by atoms with Crippen LogP contribution in [0.4, 0.5) is 0 Å².